The second kappa shape index (κ2) is 5.76. The summed E-state index contributed by atoms with van der Waals surface area (Å²) in [6.45, 7) is 0. The predicted octanol–water partition coefficient (Wildman–Crippen LogP) is 5.21. The lowest BCUT2D eigenvalue weighted by atomic mass is 10.1. The van der Waals surface area contributed by atoms with Crippen LogP contribution in [0, 0.1) is 0 Å². The summed E-state index contributed by atoms with van der Waals surface area (Å²) in [5.41, 5.74) is 7.93. The number of H-pyrrole nitrogens is 2. The van der Waals surface area contributed by atoms with E-state index in [0.717, 1.165) is 44.6 Å². The van der Waals surface area contributed by atoms with E-state index in [1.54, 1.807) is 0 Å². The second-order valence-electron chi connectivity index (χ2n) is 6.88. The fourth-order valence-electron chi connectivity index (χ4n) is 3.62. The lowest BCUT2D eigenvalue weighted by Gasteiger charge is -1.96. The summed E-state index contributed by atoms with van der Waals surface area (Å²) in [5.74, 6) is 1.35. The Morgan fingerprint density at radius 3 is 2.04 bits per heavy atom. The zero-order valence-corrected chi connectivity index (χ0v) is 14.8. The Kier molecular flexibility index (Phi) is 3.10. The molecule has 2 N–H and O–H groups in total. The van der Waals surface area contributed by atoms with Gasteiger partial charge in [-0.05, 0) is 54.6 Å². The number of aromatic amines is 2. The van der Waals surface area contributed by atoms with Crippen molar-refractivity contribution in [3.05, 3.63) is 78.2 Å². The SMILES string of the molecule is C1=Cc2nc1cc1ccc(cc3ccc(cc4nc(n2)-c2ccccc2-4)[nH]3)[nH]1. The summed E-state index contributed by atoms with van der Waals surface area (Å²) in [4.78, 5) is 20.9. The van der Waals surface area contributed by atoms with E-state index in [9.17, 15) is 0 Å². The third kappa shape index (κ3) is 2.53. The molecule has 0 unspecified atom stereocenters. The molecular weight excluding hydrogens is 346 g/mol. The topological polar surface area (TPSA) is 70.2 Å². The first-order valence-electron chi connectivity index (χ1n) is 9.13. The van der Waals surface area contributed by atoms with Crippen molar-refractivity contribution in [1.82, 2.24) is 24.9 Å². The summed E-state index contributed by atoms with van der Waals surface area (Å²) in [7, 11) is 0. The van der Waals surface area contributed by atoms with Crippen molar-refractivity contribution in [1.29, 1.82) is 0 Å². The Morgan fingerprint density at radius 1 is 0.571 bits per heavy atom. The van der Waals surface area contributed by atoms with E-state index in [1.807, 2.05) is 36.4 Å². The highest BCUT2D eigenvalue weighted by atomic mass is 15.0. The fourth-order valence-corrected chi connectivity index (χ4v) is 3.62. The van der Waals surface area contributed by atoms with Gasteiger partial charge in [-0.2, -0.15) is 0 Å². The van der Waals surface area contributed by atoms with Crippen LogP contribution in [0.4, 0.5) is 0 Å². The molecule has 5 nitrogen and oxygen atoms in total. The minimum Gasteiger partial charge on any atom is -0.355 e. The second-order valence-corrected chi connectivity index (χ2v) is 6.88. The van der Waals surface area contributed by atoms with E-state index in [1.165, 1.54) is 0 Å². The first-order valence-corrected chi connectivity index (χ1v) is 9.13. The van der Waals surface area contributed by atoms with Gasteiger partial charge >= 0.3 is 0 Å². The van der Waals surface area contributed by atoms with Gasteiger partial charge in [0, 0.05) is 33.2 Å². The van der Waals surface area contributed by atoms with E-state index in [-0.39, 0.29) is 0 Å². The molecule has 2 aliphatic rings. The van der Waals surface area contributed by atoms with Gasteiger partial charge in [-0.15, -0.1) is 0 Å². The normalized spacial score (nSPS) is 12.1. The van der Waals surface area contributed by atoms with E-state index in [4.69, 9.17) is 9.97 Å². The highest BCUT2D eigenvalue weighted by molar-refractivity contribution is 5.85. The zero-order chi connectivity index (χ0) is 18.5. The van der Waals surface area contributed by atoms with E-state index in [2.05, 4.69) is 57.4 Å². The molecule has 3 aromatic heterocycles. The van der Waals surface area contributed by atoms with Gasteiger partial charge in [0.15, 0.2) is 11.6 Å². The third-order valence-corrected chi connectivity index (χ3v) is 4.91. The van der Waals surface area contributed by atoms with Crippen LogP contribution in [0.2, 0.25) is 0 Å². The number of rotatable bonds is 0. The minimum atomic E-state index is 0.661. The molecule has 0 spiro atoms. The van der Waals surface area contributed by atoms with Crippen molar-refractivity contribution in [3.63, 3.8) is 0 Å². The molecule has 0 fully saturated rings. The van der Waals surface area contributed by atoms with Gasteiger partial charge < -0.3 is 9.97 Å². The number of benzene rings is 1. The first-order chi connectivity index (χ1) is 13.8. The average molecular weight is 361 g/mol. The van der Waals surface area contributed by atoms with Crippen molar-refractivity contribution < 1.29 is 0 Å². The third-order valence-electron chi connectivity index (χ3n) is 4.91. The predicted molar refractivity (Wildman–Crippen MR) is 112 cm³/mol. The van der Waals surface area contributed by atoms with E-state index in [0.29, 0.717) is 11.6 Å². The number of aromatic nitrogens is 5. The maximum Gasteiger partial charge on any atom is 0.162 e. The van der Waals surface area contributed by atoms with Gasteiger partial charge in [-0.1, -0.05) is 24.3 Å². The van der Waals surface area contributed by atoms with Gasteiger partial charge in [-0.25, -0.2) is 15.0 Å². The van der Waals surface area contributed by atoms with Crippen LogP contribution < -0.4 is 0 Å². The molecule has 6 rings (SSSR count). The molecule has 4 aromatic rings. The van der Waals surface area contributed by atoms with Gasteiger partial charge in [0.05, 0.1) is 11.4 Å². The maximum absolute atomic E-state index is 4.79. The monoisotopic (exact) mass is 361 g/mol. The summed E-state index contributed by atoms with van der Waals surface area (Å²) in [6, 6.07) is 22.5. The number of nitrogens with one attached hydrogen (secondary N) is 2. The molecule has 2 aliphatic heterocycles. The van der Waals surface area contributed by atoms with Crippen LogP contribution in [-0.4, -0.2) is 24.9 Å². The molecule has 5 heteroatoms. The number of fused-ring (bicyclic) bond motifs is 11. The molecule has 28 heavy (non-hydrogen) atoms. The molecule has 1 aromatic carbocycles. The van der Waals surface area contributed by atoms with Gasteiger partial charge in [0.25, 0.3) is 0 Å². The van der Waals surface area contributed by atoms with Crippen molar-refractivity contribution in [3.8, 4) is 22.6 Å². The van der Waals surface area contributed by atoms with Crippen molar-refractivity contribution >= 4 is 34.2 Å². The van der Waals surface area contributed by atoms with E-state index < -0.39 is 0 Å². The molecule has 0 aliphatic carbocycles. The Balaban J connectivity index is 1.73. The Morgan fingerprint density at radius 2 is 1.25 bits per heavy atom. The molecule has 8 bridgehead atoms. The first kappa shape index (κ1) is 15.1. The molecule has 0 radical (unpaired) electrons. The summed E-state index contributed by atoms with van der Waals surface area (Å²) in [5, 5.41) is 0. The van der Waals surface area contributed by atoms with Crippen LogP contribution in [-0.2, 0) is 0 Å². The van der Waals surface area contributed by atoms with Crippen LogP contribution in [0.5, 0.6) is 0 Å². The Labute approximate surface area is 160 Å². The van der Waals surface area contributed by atoms with Gasteiger partial charge in [0.2, 0.25) is 0 Å². The zero-order valence-electron chi connectivity index (χ0n) is 14.8. The minimum absolute atomic E-state index is 0.661. The highest BCUT2D eigenvalue weighted by Gasteiger charge is 2.17. The van der Waals surface area contributed by atoms with Crippen molar-refractivity contribution in [2.75, 3.05) is 0 Å². The Hall–Kier alpha value is -3.99. The molecule has 0 saturated heterocycles. The summed E-state index contributed by atoms with van der Waals surface area (Å²) in [6.07, 6.45) is 3.89. The van der Waals surface area contributed by atoms with Crippen LogP contribution >= 0.6 is 0 Å². The highest BCUT2D eigenvalue weighted by Crippen LogP contribution is 2.34. The lowest BCUT2D eigenvalue weighted by Crippen LogP contribution is -1.84. The molecule has 132 valence electrons. The molecular formula is C23H15N5. The lowest BCUT2D eigenvalue weighted by molar-refractivity contribution is 1.15. The van der Waals surface area contributed by atoms with Gasteiger partial charge in [0.1, 0.15) is 0 Å². The number of hydrogen-bond donors (Lipinski definition) is 2. The molecule has 0 saturated carbocycles. The quantitative estimate of drug-likeness (QED) is 0.390. The van der Waals surface area contributed by atoms with Crippen molar-refractivity contribution in [2.24, 2.45) is 0 Å². The van der Waals surface area contributed by atoms with Gasteiger partial charge in [-0.3, -0.25) is 0 Å². The molecule has 5 heterocycles. The number of nitrogens with zero attached hydrogens (tertiary/aromatic N) is 3. The maximum atomic E-state index is 4.79. The van der Waals surface area contributed by atoms with Crippen molar-refractivity contribution in [2.45, 2.75) is 0 Å². The summed E-state index contributed by atoms with van der Waals surface area (Å²) >= 11 is 0. The average Bonchev–Trinajstić information content (AvgIpc) is 3.47. The van der Waals surface area contributed by atoms with Crippen LogP contribution in [0.3, 0.4) is 0 Å². The summed E-state index contributed by atoms with van der Waals surface area (Å²) < 4.78 is 0. The largest absolute Gasteiger partial charge is 0.355 e. The van der Waals surface area contributed by atoms with E-state index >= 15 is 0 Å². The molecule has 0 amide bonds. The smallest absolute Gasteiger partial charge is 0.162 e. The number of hydrogen-bond acceptors (Lipinski definition) is 3. The standard InChI is InChI=1S/C23H15N5/c1-2-4-20-19(3-1)21-13-18-8-7-15(25-18)11-14-5-6-16(24-14)12-17-9-10-22(26-17)28-23(20)27-21/h1-13,24-25H. The van der Waals surface area contributed by atoms with Crippen LogP contribution in [0.15, 0.2) is 66.7 Å². The van der Waals surface area contributed by atoms with Crippen LogP contribution in [0.25, 0.3) is 56.9 Å². The fraction of sp³-hybridized carbons (Fsp3) is 0. The van der Waals surface area contributed by atoms with Crippen LogP contribution in [0.1, 0.15) is 11.5 Å². The molecule has 0 atom stereocenters. The Bertz CT molecular complexity index is 1420.